The molecule has 0 N–H and O–H groups in total. The molecule has 16 rings (SSSR count). The maximum absolute atomic E-state index is 10.5. The third-order valence-electron chi connectivity index (χ3n) is 17.0. The van der Waals surface area contributed by atoms with Crippen LogP contribution in [0.5, 0.6) is 0 Å². The molecule has 0 amide bonds. The molecule has 0 aliphatic carbocycles. The molecule has 0 saturated heterocycles. The average molecular weight is 1110 g/mol. The van der Waals surface area contributed by atoms with E-state index in [-0.39, 0.29) is 16.7 Å². The Bertz CT molecular complexity index is 5220. The Balaban J connectivity index is 1.000. The molecule has 4 heterocycles. The van der Waals surface area contributed by atoms with Crippen LogP contribution in [0.1, 0.15) is 16.7 Å². The van der Waals surface area contributed by atoms with Crippen LogP contribution in [0.2, 0.25) is 0 Å². The van der Waals surface area contributed by atoms with E-state index in [0.717, 1.165) is 111 Å². The van der Waals surface area contributed by atoms with Crippen molar-refractivity contribution < 1.29 is 0 Å². The van der Waals surface area contributed by atoms with Crippen molar-refractivity contribution >= 4 is 65.4 Å². The second-order valence-electron chi connectivity index (χ2n) is 21.8. The highest BCUT2D eigenvalue weighted by Gasteiger charge is 2.25. The number of nitriles is 3. The number of fused-ring (bicyclic) bond motifs is 9. The van der Waals surface area contributed by atoms with Gasteiger partial charge >= 0.3 is 0 Å². The van der Waals surface area contributed by atoms with Crippen LogP contribution >= 0.6 is 0 Å². The molecular weight excluding hydrogens is 1060 g/mol. The molecule has 0 bridgehead atoms. The van der Waals surface area contributed by atoms with Crippen LogP contribution in [0.3, 0.4) is 0 Å². The Labute approximate surface area is 500 Å². The fourth-order valence-corrected chi connectivity index (χ4v) is 13.1. The first-order valence-electron chi connectivity index (χ1n) is 28.8. The summed E-state index contributed by atoms with van der Waals surface area (Å²) >= 11 is 0. The summed E-state index contributed by atoms with van der Waals surface area (Å²) in [6.07, 6.45) is 0. The lowest BCUT2D eigenvalue weighted by atomic mass is 9.91. The number of nitrogens with zero attached hydrogens (tertiary/aromatic N) is 8. The average Bonchev–Trinajstić information content (AvgIpc) is 1.75. The highest BCUT2D eigenvalue weighted by molar-refractivity contribution is 6.13. The van der Waals surface area contributed by atoms with Gasteiger partial charge in [0.2, 0.25) is 0 Å². The van der Waals surface area contributed by atoms with E-state index in [1.54, 1.807) is 12.1 Å². The lowest BCUT2D eigenvalue weighted by molar-refractivity contribution is 1.16. The van der Waals surface area contributed by atoms with Crippen LogP contribution in [0.15, 0.2) is 279 Å². The fraction of sp³-hybridized carbons (Fsp3) is 0. The van der Waals surface area contributed by atoms with Gasteiger partial charge in [0.25, 0.3) is 0 Å². The van der Waals surface area contributed by atoms with Crippen LogP contribution < -0.4 is 0 Å². The quantitative estimate of drug-likeness (QED) is 0.143. The number of hydrogen-bond donors (Lipinski definition) is 0. The van der Waals surface area contributed by atoms with E-state index in [1.807, 2.05) is 42.5 Å². The minimum absolute atomic E-state index is 0.257. The molecule has 0 unspecified atom stereocenters. The summed E-state index contributed by atoms with van der Waals surface area (Å²) in [5, 5.41) is 37.6. The number of benzene rings is 12. The number of para-hydroxylation sites is 5. The van der Waals surface area contributed by atoms with Gasteiger partial charge in [-0.15, -0.1) is 0 Å². The lowest BCUT2D eigenvalue weighted by Crippen LogP contribution is -2.03. The van der Waals surface area contributed by atoms with E-state index in [0.29, 0.717) is 17.0 Å². The zero-order valence-electron chi connectivity index (χ0n) is 46.6. The van der Waals surface area contributed by atoms with Gasteiger partial charge in [-0.1, -0.05) is 182 Å². The monoisotopic (exact) mass is 1110 g/mol. The molecule has 0 fully saturated rings. The third-order valence-corrected chi connectivity index (χ3v) is 17.0. The molecule has 0 spiro atoms. The van der Waals surface area contributed by atoms with Gasteiger partial charge in [-0.25, -0.2) is 9.97 Å². The maximum Gasteiger partial charge on any atom is 0.160 e. The highest BCUT2D eigenvalue weighted by Crippen LogP contribution is 2.46. The van der Waals surface area contributed by atoms with Gasteiger partial charge in [-0.2, -0.15) is 15.8 Å². The first-order chi connectivity index (χ1) is 43.0. The number of rotatable bonds is 9. The summed E-state index contributed by atoms with van der Waals surface area (Å²) in [5.74, 6) is 0.573. The molecule has 16 aromatic rings. The summed E-state index contributed by atoms with van der Waals surface area (Å²) in [5.41, 5.74) is 19.5. The summed E-state index contributed by atoms with van der Waals surface area (Å²) in [6, 6.07) is 104. The SMILES string of the molecule is N#Cc1cc(C#N)c(-c2ccc3c(c2)c2ccccc2n3-c2c(-c3ccc(-n4c5ccccc5c5ccccc54)cc3)cc(-c3nc(-c4ccccc4)cc(-c4ccccc4)n3)cc2-c2ccc(-n3c4ccccc4c4ccccc43)cc2)c(C#N)c1. The van der Waals surface area contributed by atoms with Crippen molar-refractivity contribution in [3.05, 3.63) is 296 Å². The minimum Gasteiger partial charge on any atom is -0.309 e. The first-order valence-corrected chi connectivity index (χ1v) is 28.8. The highest BCUT2D eigenvalue weighted by atomic mass is 15.0. The Morgan fingerprint density at radius 2 is 0.644 bits per heavy atom. The molecule has 0 atom stereocenters. The number of hydrogen-bond acceptors (Lipinski definition) is 5. The van der Waals surface area contributed by atoms with Crippen molar-refractivity contribution in [2.24, 2.45) is 0 Å². The van der Waals surface area contributed by atoms with Gasteiger partial charge in [0, 0.05) is 77.1 Å². The normalized spacial score (nSPS) is 11.4. The maximum atomic E-state index is 10.5. The van der Waals surface area contributed by atoms with Crippen molar-refractivity contribution in [1.29, 1.82) is 15.8 Å². The Kier molecular flexibility index (Phi) is 11.8. The van der Waals surface area contributed by atoms with Gasteiger partial charge in [-0.05, 0) is 114 Å². The van der Waals surface area contributed by atoms with Crippen LogP contribution in [0.25, 0.3) is 150 Å². The molecule has 8 heteroatoms. The smallest absolute Gasteiger partial charge is 0.160 e. The van der Waals surface area contributed by atoms with Crippen LogP contribution in [0.4, 0.5) is 0 Å². The van der Waals surface area contributed by atoms with E-state index in [2.05, 4.69) is 256 Å². The third kappa shape index (κ3) is 8.27. The summed E-state index contributed by atoms with van der Waals surface area (Å²) in [4.78, 5) is 10.9. The van der Waals surface area contributed by atoms with E-state index in [9.17, 15) is 15.8 Å². The van der Waals surface area contributed by atoms with E-state index in [1.165, 1.54) is 21.5 Å². The van der Waals surface area contributed by atoms with E-state index in [4.69, 9.17) is 9.97 Å². The fourth-order valence-electron chi connectivity index (χ4n) is 13.1. The molecule has 12 aromatic carbocycles. The minimum atomic E-state index is 0.257. The van der Waals surface area contributed by atoms with Crippen LogP contribution in [-0.4, -0.2) is 23.7 Å². The van der Waals surface area contributed by atoms with Crippen molar-refractivity contribution in [3.8, 4) is 103 Å². The summed E-state index contributed by atoms with van der Waals surface area (Å²) in [7, 11) is 0. The molecule has 0 aliphatic rings. The predicted octanol–water partition coefficient (Wildman–Crippen LogP) is 19.4. The van der Waals surface area contributed by atoms with Gasteiger partial charge in [0.1, 0.15) is 0 Å². The second kappa shape index (κ2) is 20.5. The molecule has 8 nitrogen and oxygen atoms in total. The zero-order chi connectivity index (χ0) is 58.1. The first kappa shape index (κ1) is 50.3. The van der Waals surface area contributed by atoms with Crippen molar-refractivity contribution in [1.82, 2.24) is 23.7 Å². The van der Waals surface area contributed by atoms with Crippen LogP contribution in [0, 0.1) is 34.0 Å². The summed E-state index contributed by atoms with van der Waals surface area (Å²) < 4.78 is 7.06. The standard InChI is InChI=1S/C79H46N8/c80-47-50-41-57(48-81)77(58(42-50)49-82)55-35-40-76-68(43-55)65-25-11-16-30-75(65)87(76)78-66(51-31-36-59(37-32-51)85-71-26-12-7-21-61(71)62-22-8-13-27-72(62)85)44-56(79-83-69(53-17-3-1-4-18-53)46-70(84-79)54-19-5-2-6-20-54)45-67(78)52-33-38-60(39-34-52)86-73-28-14-9-23-63(73)64-24-10-15-29-74(64)86/h1-46H. The van der Waals surface area contributed by atoms with Gasteiger partial charge in [-0.3, -0.25) is 0 Å². The second-order valence-corrected chi connectivity index (χ2v) is 21.8. The lowest BCUT2D eigenvalue weighted by Gasteiger charge is -2.22. The molecule has 0 saturated carbocycles. The molecular formula is C79H46N8. The summed E-state index contributed by atoms with van der Waals surface area (Å²) in [6.45, 7) is 0. The largest absolute Gasteiger partial charge is 0.309 e. The van der Waals surface area contributed by atoms with Crippen molar-refractivity contribution in [3.63, 3.8) is 0 Å². The van der Waals surface area contributed by atoms with Crippen molar-refractivity contribution in [2.75, 3.05) is 0 Å². The predicted molar refractivity (Wildman–Crippen MR) is 352 cm³/mol. The molecule has 0 radical (unpaired) electrons. The molecule has 402 valence electrons. The molecule has 87 heavy (non-hydrogen) atoms. The topological polar surface area (TPSA) is 112 Å². The zero-order valence-corrected chi connectivity index (χ0v) is 46.6. The van der Waals surface area contributed by atoms with E-state index < -0.39 is 0 Å². The van der Waals surface area contributed by atoms with E-state index >= 15 is 0 Å². The van der Waals surface area contributed by atoms with Crippen molar-refractivity contribution in [2.45, 2.75) is 0 Å². The van der Waals surface area contributed by atoms with Gasteiger partial charge < -0.3 is 13.7 Å². The van der Waals surface area contributed by atoms with Crippen LogP contribution in [-0.2, 0) is 0 Å². The molecule has 0 aliphatic heterocycles. The van der Waals surface area contributed by atoms with Gasteiger partial charge in [0.15, 0.2) is 5.82 Å². The Morgan fingerprint density at radius 1 is 0.276 bits per heavy atom. The number of aromatic nitrogens is 5. The van der Waals surface area contributed by atoms with Gasteiger partial charge in [0.05, 0.1) is 85.1 Å². The Hall–Kier alpha value is -12.4. The Morgan fingerprint density at radius 3 is 1.06 bits per heavy atom. The molecule has 4 aromatic heterocycles.